The molecule has 0 radical (unpaired) electrons. The van der Waals surface area contributed by atoms with Crippen LogP contribution in [-0.4, -0.2) is 28.8 Å². The number of carbonyl (C=O) groups excluding carboxylic acids is 1. The van der Waals surface area contributed by atoms with Crippen molar-refractivity contribution in [1.82, 2.24) is 4.90 Å². The summed E-state index contributed by atoms with van der Waals surface area (Å²) in [6.45, 7) is 4.05. The quantitative estimate of drug-likeness (QED) is 0.578. The number of hydrogen-bond acceptors (Lipinski definition) is 4. The molecule has 1 amide bonds. The van der Waals surface area contributed by atoms with Gasteiger partial charge in [-0.25, -0.2) is 0 Å². The summed E-state index contributed by atoms with van der Waals surface area (Å²) in [6, 6.07) is 11.8. The van der Waals surface area contributed by atoms with Crippen LogP contribution in [0.4, 0.5) is 11.4 Å². The van der Waals surface area contributed by atoms with Gasteiger partial charge in [-0.2, -0.15) is 0 Å². The molecule has 0 aliphatic heterocycles. The number of nitrogens with zero attached hydrogens (tertiary/aromatic N) is 2. The molecule has 7 heteroatoms. The van der Waals surface area contributed by atoms with Crippen molar-refractivity contribution >= 4 is 33.2 Å². The third-order valence-electron chi connectivity index (χ3n) is 4.03. The first kappa shape index (κ1) is 19.1. The normalized spacial score (nSPS) is 12.0. The van der Waals surface area contributed by atoms with Gasteiger partial charge in [-0.15, -0.1) is 0 Å². The summed E-state index contributed by atoms with van der Waals surface area (Å²) in [4.78, 5) is 25.0. The molecule has 0 aliphatic carbocycles. The van der Waals surface area contributed by atoms with Crippen molar-refractivity contribution < 1.29 is 9.72 Å². The van der Waals surface area contributed by atoms with Crippen LogP contribution in [0.2, 0.25) is 0 Å². The molecular weight excluding hydrogens is 386 g/mol. The summed E-state index contributed by atoms with van der Waals surface area (Å²) >= 11 is 3.44. The van der Waals surface area contributed by atoms with E-state index in [1.165, 1.54) is 6.07 Å². The number of amides is 1. The van der Waals surface area contributed by atoms with Gasteiger partial charge in [0.1, 0.15) is 0 Å². The molecule has 0 saturated heterocycles. The van der Waals surface area contributed by atoms with Crippen molar-refractivity contribution in [2.75, 3.05) is 12.4 Å². The van der Waals surface area contributed by atoms with Crippen LogP contribution >= 0.6 is 15.9 Å². The molecule has 0 fully saturated rings. The Morgan fingerprint density at radius 1 is 1.32 bits per heavy atom. The molecule has 1 atom stereocenters. The minimum absolute atomic E-state index is 0.0586. The predicted octanol–water partition coefficient (Wildman–Crippen LogP) is 4.12. The number of nitro benzene ring substituents is 1. The number of nitro groups is 1. The number of benzene rings is 2. The maximum atomic E-state index is 12.5. The van der Waals surface area contributed by atoms with Crippen molar-refractivity contribution in [2.45, 2.75) is 26.4 Å². The zero-order valence-corrected chi connectivity index (χ0v) is 15.9. The van der Waals surface area contributed by atoms with Crippen molar-refractivity contribution in [3.8, 4) is 0 Å². The van der Waals surface area contributed by atoms with E-state index in [9.17, 15) is 14.9 Å². The van der Waals surface area contributed by atoms with Crippen LogP contribution in [-0.2, 0) is 11.3 Å². The number of anilines is 1. The summed E-state index contributed by atoms with van der Waals surface area (Å²) in [5, 5.41) is 14.0. The summed E-state index contributed by atoms with van der Waals surface area (Å²) < 4.78 is 0.814. The number of nitrogens with one attached hydrogen (secondary N) is 1. The molecule has 132 valence electrons. The number of halogens is 1. The molecule has 0 aromatic heterocycles. The monoisotopic (exact) mass is 405 g/mol. The Hall–Kier alpha value is -2.25. The van der Waals surface area contributed by atoms with Gasteiger partial charge in [0.2, 0.25) is 5.91 Å². The van der Waals surface area contributed by atoms with Gasteiger partial charge < -0.3 is 5.32 Å². The maximum absolute atomic E-state index is 12.5. The first-order chi connectivity index (χ1) is 11.8. The van der Waals surface area contributed by atoms with Crippen LogP contribution in [0, 0.1) is 17.0 Å². The zero-order chi connectivity index (χ0) is 18.6. The summed E-state index contributed by atoms with van der Waals surface area (Å²) in [7, 11) is 1.77. The highest BCUT2D eigenvalue weighted by atomic mass is 79.9. The highest BCUT2D eigenvalue weighted by Gasteiger charge is 2.22. The minimum Gasteiger partial charge on any atom is -0.324 e. The Kier molecular flexibility index (Phi) is 6.27. The molecule has 2 rings (SSSR count). The number of rotatable bonds is 6. The van der Waals surface area contributed by atoms with Crippen molar-refractivity contribution in [3.05, 3.63) is 68.2 Å². The van der Waals surface area contributed by atoms with Gasteiger partial charge in [-0.05, 0) is 54.5 Å². The first-order valence-electron chi connectivity index (χ1n) is 7.79. The van der Waals surface area contributed by atoms with Gasteiger partial charge in [0.25, 0.3) is 5.69 Å². The Morgan fingerprint density at radius 2 is 2.00 bits per heavy atom. The molecule has 1 unspecified atom stereocenters. The summed E-state index contributed by atoms with van der Waals surface area (Å²) in [6.07, 6.45) is 0. The van der Waals surface area contributed by atoms with Gasteiger partial charge in [0.15, 0.2) is 0 Å². The van der Waals surface area contributed by atoms with E-state index < -0.39 is 11.0 Å². The number of para-hydroxylation sites is 1. The van der Waals surface area contributed by atoms with E-state index in [0.29, 0.717) is 17.8 Å². The van der Waals surface area contributed by atoms with Crippen LogP contribution in [0.1, 0.15) is 18.1 Å². The van der Waals surface area contributed by atoms with E-state index in [0.717, 1.165) is 10.0 Å². The Balaban J connectivity index is 2.08. The fourth-order valence-electron chi connectivity index (χ4n) is 2.39. The molecule has 2 aromatic rings. The predicted molar refractivity (Wildman–Crippen MR) is 102 cm³/mol. The van der Waals surface area contributed by atoms with E-state index in [2.05, 4.69) is 21.2 Å². The van der Waals surface area contributed by atoms with E-state index in [1.807, 2.05) is 25.1 Å². The highest BCUT2D eigenvalue weighted by molar-refractivity contribution is 9.10. The lowest BCUT2D eigenvalue weighted by atomic mass is 10.1. The van der Waals surface area contributed by atoms with Gasteiger partial charge >= 0.3 is 0 Å². The Labute approximate surface area is 155 Å². The maximum Gasteiger partial charge on any atom is 0.273 e. The summed E-state index contributed by atoms with van der Waals surface area (Å²) in [5.74, 6) is -0.175. The number of aryl methyl sites for hydroxylation is 1. The fraction of sp³-hybridized carbons (Fsp3) is 0.278. The second-order valence-electron chi connectivity index (χ2n) is 5.95. The van der Waals surface area contributed by atoms with E-state index in [1.54, 1.807) is 37.1 Å². The van der Waals surface area contributed by atoms with Crippen LogP contribution in [0.25, 0.3) is 0 Å². The van der Waals surface area contributed by atoms with E-state index >= 15 is 0 Å². The molecule has 1 N–H and O–H groups in total. The lowest BCUT2D eigenvalue weighted by Gasteiger charge is -2.24. The fourth-order valence-corrected chi connectivity index (χ4v) is 2.98. The molecule has 0 heterocycles. The molecule has 0 spiro atoms. The largest absolute Gasteiger partial charge is 0.324 e. The third kappa shape index (κ3) is 4.87. The second-order valence-corrected chi connectivity index (χ2v) is 6.80. The molecule has 0 bridgehead atoms. The van der Waals surface area contributed by atoms with Gasteiger partial charge in [-0.3, -0.25) is 19.8 Å². The Morgan fingerprint density at radius 3 is 2.64 bits per heavy atom. The number of likely N-dealkylation sites (N-methyl/N-ethyl adjacent to an activating group) is 1. The standard InChI is InChI=1S/C18H20BrN3O3/c1-12-8-9-16(15(19)10-12)20-18(23)13(2)21(3)11-14-6-4-5-7-17(14)22(24)25/h4-10,13H,11H2,1-3H3,(H,20,23). The van der Waals surface area contributed by atoms with Crippen molar-refractivity contribution in [2.24, 2.45) is 0 Å². The van der Waals surface area contributed by atoms with Crippen molar-refractivity contribution in [1.29, 1.82) is 0 Å². The molecule has 0 saturated carbocycles. The molecule has 2 aromatic carbocycles. The topological polar surface area (TPSA) is 75.5 Å². The molecular formula is C18H20BrN3O3. The van der Waals surface area contributed by atoms with Gasteiger partial charge in [-0.1, -0.05) is 24.3 Å². The van der Waals surface area contributed by atoms with Crippen molar-refractivity contribution in [3.63, 3.8) is 0 Å². The van der Waals surface area contributed by atoms with Crippen LogP contribution in [0.5, 0.6) is 0 Å². The smallest absolute Gasteiger partial charge is 0.273 e. The molecule has 0 aliphatic rings. The average Bonchev–Trinajstić information content (AvgIpc) is 2.56. The van der Waals surface area contributed by atoms with Crippen LogP contribution in [0.15, 0.2) is 46.9 Å². The molecule has 25 heavy (non-hydrogen) atoms. The lowest BCUT2D eigenvalue weighted by Crippen LogP contribution is -2.39. The molecule has 6 nitrogen and oxygen atoms in total. The lowest BCUT2D eigenvalue weighted by molar-refractivity contribution is -0.385. The first-order valence-corrected chi connectivity index (χ1v) is 8.58. The highest BCUT2D eigenvalue weighted by Crippen LogP contribution is 2.24. The van der Waals surface area contributed by atoms with Gasteiger partial charge in [0, 0.05) is 22.6 Å². The third-order valence-corrected chi connectivity index (χ3v) is 4.69. The van der Waals surface area contributed by atoms with E-state index in [-0.39, 0.29) is 11.6 Å². The summed E-state index contributed by atoms with van der Waals surface area (Å²) in [5.41, 5.74) is 2.42. The second kappa shape index (κ2) is 8.22. The number of hydrogen-bond donors (Lipinski definition) is 1. The minimum atomic E-state index is -0.451. The van der Waals surface area contributed by atoms with Crippen LogP contribution < -0.4 is 5.32 Å². The van der Waals surface area contributed by atoms with Crippen LogP contribution in [0.3, 0.4) is 0 Å². The Bertz CT molecular complexity index is 795. The average molecular weight is 406 g/mol. The number of carbonyl (C=O) groups is 1. The van der Waals surface area contributed by atoms with Gasteiger partial charge in [0.05, 0.1) is 16.7 Å². The zero-order valence-electron chi connectivity index (χ0n) is 14.3. The SMILES string of the molecule is Cc1ccc(NC(=O)C(C)N(C)Cc2ccccc2[N+](=O)[O-])c(Br)c1. The van der Waals surface area contributed by atoms with E-state index in [4.69, 9.17) is 0 Å².